The van der Waals surface area contributed by atoms with Crippen molar-refractivity contribution in [2.24, 2.45) is 5.73 Å². The Hall–Kier alpha value is -1.40. The molecule has 2 aromatic rings. The summed E-state index contributed by atoms with van der Waals surface area (Å²) in [4.78, 5) is 4.46. The monoisotopic (exact) mass is 314 g/mol. The van der Waals surface area contributed by atoms with Crippen LogP contribution in [0.1, 0.15) is 43.1 Å². The summed E-state index contributed by atoms with van der Waals surface area (Å²) in [5.74, 6) is -3.93. The Kier molecular flexibility index (Phi) is 4.39. The highest BCUT2D eigenvalue weighted by Gasteiger charge is 2.21. The molecule has 1 unspecified atom stereocenters. The number of aromatic nitrogens is 1. The Labute approximate surface area is 125 Å². The minimum atomic E-state index is -1.49. The zero-order valence-corrected chi connectivity index (χ0v) is 12.9. The van der Waals surface area contributed by atoms with Crippen LogP contribution in [0.4, 0.5) is 13.2 Å². The van der Waals surface area contributed by atoms with Crippen LogP contribution in [0.15, 0.2) is 17.5 Å². The van der Waals surface area contributed by atoms with E-state index in [9.17, 15) is 13.2 Å². The van der Waals surface area contributed by atoms with E-state index in [1.165, 1.54) is 17.4 Å². The number of benzene rings is 1. The molecule has 0 aliphatic carbocycles. The van der Waals surface area contributed by atoms with Gasteiger partial charge in [-0.25, -0.2) is 18.2 Å². The lowest BCUT2D eigenvalue weighted by molar-refractivity contribution is 0.435. The second-order valence-corrected chi connectivity index (χ2v) is 6.89. The van der Waals surface area contributed by atoms with Gasteiger partial charge in [0.15, 0.2) is 17.5 Å². The number of rotatable bonds is 3. The molecule has 1 aromatic heterocycles. The van der Waals surface area contributed by atoms with Gasteiger partial charge in [0.25, 0.3) is 0 Å². The molecule has 0 spiro atoms. The highest BCUT2D eigenvalue weighted by atomic mass is 32.1. The van der Waals surface area contributed by atoms with E-state index < -0.39 is 23.5 Å². The third kappa shape index (κ3) is 3.44. The number of thiazole rings is 1. The molecule has 0 saturated heterocycles. The van der Waals surface area contributed by atoms with Crippen molar-refractivity contribution >= 4 is 11.3 Å². The van der Waals surface area contributed by atoms with Crippen molar-refractivity contribution in [3.05, 3.63) is 51.2 Å². The minimum absolute atomic E-state index is 0.0404. The highest BCUT2D eigenvalue weighted by molar-refractivity contribution is 7.09. The van der Waals surface area contributed by atoms with Crippen LogP contribution in [0.2, 0.25) is 0 Å². The largest absolute Gasteiger partial charge is 0.324 e. The van der Waals surface area contributed by atoms with Crippen molar-refractivity contribution in [3.8, 4) is 0 Å². The third-order valence-corrected chi connectivity index (χ3v) is 4.05. The second-order valence-electron chi connectivity index (χ2n) is 5.95. The van der Waals surface area contributed by atoms with Gasteiger partial charge in [-0.05, 0) is 6.07 Å². The molecule has 1 heterocycles. The van der Waals surface area contributed by atoms with Gasteiger partial charge in [-0.3, -0.25) is 0 Å². The number of halogens is 3. The fourth-order valence-electron chi connectivity index (χ4n) is 1.87. The first-order chi connectivity index (χ1) is 9.70. The molecular formula is C15H17F3N2S. The molecule has 1 aromatic carbocycles. The van der Waals surface area contributed by atoms with Gasteiger partial charge < -0.3 is 5.73 Å². The summed E-state index contributed by atoms with van der Waals surface area (Å²) >= 11 is 1.43. The summed E-state index contributed by atoms with van der Waals surface area (Å²) in [7, 11) is 0. The molecule has 0 amide bonds. The molecule has 6 heteroatoms. The van der Waals surface area contributed by atoms with Gasteiger partial charge >= 0.3 is 0 Å². The summed E-state index contributed by atoms with van der Waals surface area (Å²) < 4.78 is 39.8. The SMILES string of the molecule is CC(C)(C)c1csc(CC(N)c2ccc(F)c(F)c2F)n1. The summed E-state index contributed by atoms with van der Waals surface area (Å²) in [5.41, 5.74) is 6.72. The smallest absolute Gasteiger partial charge is 0.194 e. The van der Waals surface area contributed by atoms with Crippen LogP contribution in [0.3, 0.4) is 0 Å². The first kappa shape index (κ1) is 16.0. The second kappa shape index (κ2) is 5.77. The van der Waals surface area contributed by atoms with Crippen molar-refractivity contribution in [1.29, 1.82) is 0 Å². The normalized spacial score (nSPS) is 13.5. The van der Waals surface area contributed by atoms with Crippen LogP contribution < -0.4 is 5.73 Å². The molecule has 21 heavy (non-hydrogen) atoms. The Morgan fingerprint density at radius 2 is 1.86 bits per heavy atom. The summed E-state index contributed by atoms with van der Waals surface area (Å²) in [6.45, 7) is 6.13. The molecule has 2 nitrogen and oxygen atoms in total. The zero-order valence-electron chi connectivity index (χ0n) is 12.1. The maximum Gasteiger partial charge on any atom is 0.194 e. The van der Waals surface area contributed by atoms with E-state index in [0.29, 0.717) is 0 Å². The van der Waals surface area contributed by atoms with Gasteiger partial charge in [0.1, 0.15) is 0 Å². The number of hydrogen-bond acceptors (Lipinski definition) is 3. The van der Waals surface area contributed by atoms with Crippen LogP contribution in [0, 0.1) is 17.5 Å². The standard InChI is InChI=1S/C15H17F3N2S/c1-15(2,3)11-7-21-12(20-11)6-10(19)8-4-5-9(16)14(18)13(8)17/h4-5,7,10H,6,19H2,1-3H3. The lowest BCUT2D eigenvalue weighted by Gasteiger charge is -2.15. The molecule has 114 valence electrons. The summed E-state index contributed by atoms with van der Waals surface area (Å²) in [6, 6.07) is 1.30. The molecule has 1 atom stereocenters. The van der Waals surface area contributed by atoms with E-state index in [1.54, 1.807) is 0 Å². The first-order valence-electron chi connectivity index (χ1n) is 6.54. The van der Waals surface area contributed by atoms with Gasteiger partial charge in [-0.1, -0.05) is 26.8 Å². The fourth-order valence-corrected chi connectivity index (χ4v) is 2.96. The molecule has 0 aliphatic rings. The van der Waals surface area contributed by atoms with Gasteiger partial charge in [-0.2, -0.15) is 0 Å². The van der Waals surface area contributed by atoms with Gasteiger partial charge in [0.05, 0.1) is 10.7 Å². The lowest BCUT2D eigenvalue weighted by Crippen LogP contribution is -2.17. The minimum Gasteiger partial charge on any atom is -0.324 e. The van der Waals surface area contributed by atoms with Gasteiger partial charge in [0, 0.05) is 28.8 Å². The predicted octanol–water partition coefficient (Wildman–Crippen LogP) is 4.10. The Balaban J connectivity index is 2.21. The summed E-state index contributed by atoms with van der Waals surface area (Å²) in [6.07, 6.45) is 0.280. The molecule has 2 rings (SSSR count). The number of nitrogens with zero attached hydrogens (tertiary/aromatic N) is 1. The average Bonchev–Trinajstić information content (AvgIpc) is 2.84. The Morgan fingerprint density at radius 1 is 1.19 bits per heavy atom. The van der Waals surface area contributed by atoms with E-state index >= 15 is 0 Å². The van der Waals surface area contributed by atoms with Crippen molar-refractivity contribution in [2.45, 2.75) is 38.6 Å². The van der Waals surface area contributed by atoms with E-state index in [0.717, 1.165) is 16.8 Å². The van der Waals surface area contributed by atoms with E-state index in [4.69, 9.17) is 5.73 Å². The maximum absolute atomic E-state index is 13.7. The summed E-state index contributed by atoms with van der Waals surface area (Å²) in [5, 5.41) is 2.68. The molecule has 0 saturated carbocycles. The van der Waals surface area contributed by atoms with Crippen molar-refractivity contribution < 1.29 is 13.2 Å². The lowest BCUT2D eigenvalue weighted by atomic mass is 9.93. The van der Waals surface area contributed by atoms with Gasteiger partial charge in [0.2, 0.25) is 0 Å². The quantitative estimate of drug-likeness (QED) is 0.866. The van der Waals surface area contributed by atoms with Crippen molar-refractivity contribution in [3.63, 3.8) is 0 Å². The van der Waals surface area contributed by atoms with Crippen LogP contribution in [0.5, 0.6) is 0 Å². The molecule has 0 radical (unpaired) electrons. The zero-order chi connectivity index (χ0) is 15.8. The fraction of sp³-hybridized carbons (Fsp3) is 0.400. The van der Waals surface area contributed by atoms with Gasteiger partial charge in [-0.15, -0.1) is 11.3 Å². The predicted molar refractivity (Wildman–Crippen MR) is 77.8 cm³/mol. The average molecular weight is 314 g/mol. The molecule has 2 N–H and O–H groups in total. The third-order valence-electron chi connectivity index (χ3n) is 3.18. The first-order valence-corrected chi connectivity index (χ1v) is 7.42. The van der Waals surface area contributed by atoms with Crippen LogP contribution >= 0.6 is 11.3 Å². The number of hydrogen-bond donors (Lipinski definition) is 1. The van der Waals surface area contributed by atoms with E-state index in [1.807, 2.05) is 26.2 Å². The molecule has 0 fully saturated rings. The van der Waals surface area contributed by atoms with E-state index in [-0.39, 0.29) is 17.4 Å². The molecule has 0 bridgehead atoms. The van der Waals surface area contributed by atoms with Crippen LogP contribution in [-0.2, 0) is 11.8 Å². The topological polar surface area (TPSA) is 38.9 Å². The van der Waals surface area contributed by atoms with Crippen molar-refractivity contribution in [1.82, 2.24) is 4.98 Å². The Bertz CT molecular complexity index is 647. The highest BCUT2D eigenvalue weighted by Crippen LogP contribution is 2.27. The Morgan fingerprint density at radius 3 is 2.43 bits per heavy atom. The van der Waals surface area contributed by atoms with Crippen molar-refractivity contribution in [2.75, 3.05) is 0 Å². The molecular weight excluding hydrogens is 297 g/mol. The van der Waals surface area contributed by atoms with Crippen LogP contribution in [-0.4, -0.2) is 4.98 Å². The van der Waals surface area contributed by atoms with E-state index in [2.05, 4.69) is 4.98 Å². The maximum atomic E-state index is 13.7. The molecule has 0 aliphatic heterocycles. The number of nitrogens with two attached hydrogens (primary N) is 1. The van der Waals surface area contributed by atoms with Crippen LogP contribution in [0.25, 0.3) is 0 Å².